The van der Waals surface area contributed by atoms with Gasteiger partial charge in [-0.1, -0.05) is 12.1 Å². The Kier molecular flexibility index (Phi) is 3.40. The van der Waals surface area contributed by atoms with Crippen molar-refractivity contribution in [3.05, 3.63) is 35.4 Å². The van der Waals surface area contributed by atoms with Crippen LogP contribution in [-0.2, 0) is 11.3 Å². The molecule has 0 aliphatic carbocycles. The van der Waals surface area contributed by atoms with Gasteiger partial charge in [0.2, 0.25) is 5.91 Å². The van der Waals surface area contributed by atoms with Crippen molar-refractivity contribution < 1.29 is 4.79 Å². The summed E-state index contributed by atoms with van der Waals surface area (Å²) >= 11 is 0. The van der Waals surface area contributed by atoms with Crippen LogP contribution in [-0.4, -0.2) is 23.4 Å². The number of nitrogens with zero attached hydrogens (tertiary/aromatic N) is 2. The Bertz CT molecular complexity index is 464. The molecule has 17 heavy (non-hydrogen) atoms. The van der Waals surface area contributed by atoms with Crippen molar-refractivity contribution >= 4 is 5.91 Å². The minimum Gasteiger partial charge on any atom is -0.368 e. The zero-order valence-electron chi connectivity index (χ0n) is 9.60. The summed E-state index contributed by atoms with van der Waals surface area (Å²) in [6.45, 7) is 1.58. The van der Waals surface area contributed by atoms with Gasteiger partial charge in [-0.2, -0.15) is 5.26 Å². The predicted octanol–water partition coefficient (Wildman–Crippen LogP) is 1.01. The number of carbonyl (C=O) groups excluding carboxylic acids is 1. The van der Waals surface area contributed by atoms with Crippen molar-refractivity contribution in [3.8, 4) is 6.07 Å². The average Bonchev–Trinajstić information content (AvgIpc) is 2.77. The second kappa shape index (κ2) is 4.98. The monoisotopic (exact) mass is 229 g/mol. The summed E-state index contributed by atoms with van der Waals surface area (Å²) < 4.78 is 0. The molecule has 0 bridgehead atoms. The molecule has 0 radical (unpaired) electrons. The van der Waals surface area contributed by atoms with Crippen LogP contribution in [0.1, 0.15) is 24.0 Å². The summed E-state index contributed by atoms with van der Waals surface area (Å²) in [5.41, 5.74) is 7.07. The Hall–Kier alpha value is -1.86. The van der Waals surface area contributed by atoms with Crippen LogP contribution in [0.5, 0.6) is 0 Å². The molecule has 1 saturated heterocycles. The molecule has 4 heteroatoms. The van der Waals surface area contributed by atoms with E-state index in [1.807, 2.05) is 18.2 Å². The van der Waals surface area contributed by atoms with Crippen molar-refractivity contribution in [3.63, 3.8) is 0 Å². The van der Waals surface area contributed by atoms with Crippen LogP contribution >= 0.6 is 0 Å². The Balaban J connectivity index is 2.10. The minimum absolute atomic E-state index is 0.152. The zero-order valence-corrected chi connectivity index (χ0v) is 9.60. The van der Waals surface area contributed by atoms with Gasteiger partial charge in [0.25, 0.3) is 0 Å². The van der Waals surface area contributed by atoms with Crippen LogP contribution in [0.15, 0.2) is 24.3 Å². The summed E-state index contributed by atoms with van der Waals surface area (Å²) in [5, 5.41) is 8.83. The standard InChI is InChI=1S/C13H15N3O/c14-8-10-3-1-4-11(7-10)9-16-6-2-5-12(16)13(15)17/h1,3-4,7,12H,2,5-6,9H2,(H2,15,17). The van der Waals surface area contributed by atoms with Crippen LogP contribution < -0.4 is 5.73 Å². The van der Waals surface area contributed by atoms with Gasteiger partial charge in [-0.05, 0) is 37.1 Å². The zero-order chi connectivity index (χ0) is 12.3. The molecule has 0 aromatic heterocycles. The highest BCUT2D eigenvalue weighted by Gasteiger charge is 2.28. The number of nitrogens with two attached hydrogens (primary N) is 1. The minimum atomic E-state index is -0.251. The topological polar surface area (TPSA) is 70.1 Å². The van der Waals surface area contributed by atoms with E-state index in [-0.39, 0.29) is 11.9 Å². The highest BCUT2D eigenvalue weighted by atomic mass is 16.1. The molecular weight excluding hydrogens is 214 g/mol. The Morgan fingerprint density at radius 3 is 3.12 bits per heavy atom. The fourth-order valence-electron chi connectivity index (χ4n) is 2.31. The molecular formula is C13H15N3O. The fourth-order valence-corrected chi connectivity index (χ4v) is 2.31. The number of likely N-dealkylation sites (tertiary alicyclic amines) is 1. The number of rotatable bonds is 3. The van der Waals surface area contributed by atoms with E-state index in [2.05, 4.69) is 11.0 Å². The van der Waals surface area contributed by atoms with E-state index in [0.29, 0.717) is 12.1 Å². The lowest BCUT2D eigenvalue weighted by Crippen LogP contribution is -2.39. The van der Waals surface area contributed by atoms with E-state index < -0.39 is 0 Å². The summed E-state index contributed by atoms with van der Waals surface area (Å²) in [6, 6.07) is 9.43. The third-order valence-corrected chi connectivity index (χ3v) is 3.13. The normalized spacial score (nSPS) is 20.1. The second-order valence-electron chi connectivity index (χ2n) is 4.34. The molecule has 2 rings (SSSR count). The number of hydrogen-bond acceptors (Lipinski definition) is 3. The predicted molar refractivity (Wildman–Crippen MR) is 63.8 cm³/mol. The average molecular weight is 229 g/mol. The lowest BCUT2D eigenvalue weighted by atomic mass is 10.1. The number of amides is 1. The second-order valence-corrected chi connectivity index (χ2v) is 4.34. The van der Waals surface area contributed by atoms with Crippen molar-refractivity contribution in [2.45, 2.75) is 25.4 Å². The van der Waals surface area contributed by atoms with Crippen LogP contribution in [0.25, 0.3) is 0 Å². The molecule has 0 saturated carbocycles. The highest BCUT2D eigenvalue weighted by Crippen LogP contribution is 2.20. The van der Waals surface area contributed by atoms with E-state index >= 15 is 0 Å². The third-order valence-electron chi connectivity index (χ3n) is 3.13. The molecule has 1 heterocycles. The molecule has 88 valence electrons. The maximum absolute atomic E-state index is 11.3. The summed E-state index contributed by atoms with van der Waals surface area (Å²) in [4.78, 5) is 13.3. The fraction of sp³-hybridized carbons (Fsp3) is 0.385. The molecule has 1 aromatic carbocycles. The molecule has 1 aromatic rings. The Morgan fingerprint density at radius 1 is 1.59 bits per heavy atom. The largest absolute Gasteiger partial charge is 0.368 e. The van der Waals surface area contributed by atoms with Gasteiger partial charge in [0.15, 0.2) is 0 Å². The Labute approximate surface area is 101 Å². The SMILES string of the molecule is N#Cc1cccc(CN2CCCC2C(N)=O)c1. The quantitative estimate of drug-likeness (QED) is 0.840. The van der Waals surface area contributed by atoms with Gasteiger partial charge in [-0.15, -0.1) is 0 Å². The first-order chi connectivity index (χ1) is 8.20. The van der Waals surface area contributed by atoms with Crippen LogP contribution in [0.3, 0.4) is 0 Å². The van der Waals surface area contributed by atoms with Crippen molar-refractivity contribution in [2.75, 3.05) is 6.54 Å². The van der Waals surface area contributed by atoms with Gasteiger partial charge in [0.05, 0.1) is 17.7 Å². The molecule has 1 fully saturated rings. The van der Waals surface area contributed by atoms with Crippen molar-refractivity contribution in [1.29, 1.82) is 5.26 Å². The summed E-state index contributed by atoms with van der Waals surface area (Å²) in [6.07, 6.45) is 1.85. The van der Waals surface area contributed by atoms with Crippen LogP contribution in [0, 0.1) is 11.3 Å². The third kappa shape index (κ3) is 2.63. The van der Waals surface area contributed by atoms with Crippen molar-refractivity contribution in [2.24, 2.45) is 5.73 Å². The van der Waals surface area contributed by atoms with E-state index in [4.69, 9.17) is 11.0 Å². The van der Waals surface area contributed by atoms with Crippen LogP contribution in [0.4, 0.5) is 0 Å². The van der Waals surface area contributed by atoms with Gasteiger partial charge in [0, 0.05) is 6.54 Å². The summed E-state index contributed by atoms with van der Waals surface area (Å²) in [7, 11) is 0. The number of primary amides is 1. The molecule has 2 N–H and O–H groups in total. The Morgan fingerprint density at radius 2 is 2.41 bits per heavy atom. The number of hydrogen-bond donors (Lipinski definition) is 1. The van der Waals surface area contributed by atoms with Gasteiger partial charge >= 0.3 is 0 Å². The van der Waals surface area contributed by atoms with Gasteiger partial charge < -0.3 is 5.73 Å². The first kappa shape index (κ1) is 11.6. The van der Waals surface area contributed by atoms with Gasteiger partial charge in [-0.25, -0.2) is 0 Å². The molecule has 1 aliphatic rings. The lowest BCUT2D eigenvalue weighted by Gasteiger charge is -2.21. The van der Waals surface area contributed by atoms with Crippen LogP contribution in [0.2, 0.25) is 0 Å². The van der Waals surface area contributed by atoms with E-state index in [1.54, 1.807) is 6.07 Å². The number of carbonyl (C=O) groups is 1. The smallest absolute Gasteiger partial charge is 0.234 e. The van der Waals surface area contributed by atoms with Gasteiger partial charge in [-0.3, -0.25) is 9.69 Å². The molecule has 4 nitrogen and oxygen atoms in total. The lowest BCUT2D eigenvalue weighted by molar-refractivity contribution is -0.122. The van der Waals surface area contributed by atoms with E-state index in [1.165, 1.54) is 0 Å². The maximum atomic E-state index is 11.3. The molecule has 1 aliphatic heterocycles. The van der Waals surface area contributed by atoms with E-state index in [0.717, 1.165) is 24.9 Å². The maximum Gasteiger partial charge on any atom is 0.234 e. The van der Waals surface area contributed by atoms with E-state index in [9.17, 15) is 4.79 Å². The first-order valence-corrected chi connectivity index (χ1v) is 5.73. The highest BCUT2D eigenvalue weighted by molar-refractivity contribution is 5.80. The molecule has 1 amide bonds. The summed E-state index contributed by atoms with van der Waals surface area (Å²) in [5.74, 6) is -0.251. The number of nitriles is 1. The van der Waals surface area contributed by atoms with Gasteiger partial charge in [0.1, 0.15) is 0 Å². The molecule has 1 atom stereocenters. The van der Waals surface area contributed by atoms with Crippen molar-refractivity contribution in [1.82, 2.24) is 4.90 Å². The first-order valence-electron chi connectivity index (χ1n) is 5.73. The molecule has 1 unspecified atom stereocenters. The number of benzene rings is 1. The molecule has 0 spiro atoms.